The molecule has 7 nitrogen and oxygen atoms in total. The number of methoxy groups -OCH3 is 1. The molecule has 2 aromatic carbocycles. The first kappa shape index (κ1) is 22.0. The number of hydrogen-bond donors (Lipinski definition) is 2. The number of nitrogens with one attached hydrogen (secondary N) is 1. The summed E-state index contributed by atoms with van der Waals surface area (Å²) in [5.41, 5.74) is -0.149. The van der Waals surface area contributed by atoms with E-state index in [1.807, 2.05) is 0 Å². The molecule has 0 atom stereocenters. The van der Waals surface area contributed by atoms with Crippen molar-refractivity contribution in [1.82, 2.24) is 4.98 Å². The molecule has 0 saturated heterocycles. The van der Waals surface area contributed by atoms with E-state index in [9.17, 15) is 19.5 Å². The Morgan fingerprint density at radius 1 is 0.935 bits per heavy atom. The summed E-state index contributed by atoms with van der Waals surface area (Å²) in [5.74, 6) is -2.08. The molecule has 0 radical (unpaired) electrons. The van der Waals surface area contributed by atoms with E-state index in [-0.39, 0.29) is 11.3 Å². The van der Waals surface area contributed by atoms with Crippen LogP contribution in [0.3, 0.4) is 0 Å². The van der Waals surface area contributed by atoms with Gasteiger partial charge < -0.3 is 19.6 Å². The number of Topliss-reactive ketones (excluding diaryl/α,β-unsaturated/α-hetero) is 1. The lowest BCUT2D eigenvalue weighted by atomic mass is 9.86. The number of esters is 2. The molecule has 0 amide bonds. The van der Waals surface area contributed by atoms with E-state index in [2.05, 4.69) is 4.98 Å². The highest BCUT2D eigenvalue weighted by Crippen LogP contribution is 2.31. The Morgan fingerprint density at radius 3 is 1.94 bits per heavy atom. The smallest absolute Gasteiger partial charge is 0.348 e. The van der Waals surface area contributed by atoms with Crippen LogP contribution in [0.4, 0.5) is 0 Å². The van der Waals surface area contributed by atoms with Crippen molar-refractivity contribution in [2.75, 3.05) is 13.7 Å². The maximum absolute atomic E-state index is 13.0. The molecule has 0 aliphatic heterocycles. The van der Waals surface area contributed by atoms with Crippen molar-refractivity contribution in [3.63, 3.8) is 0 Å². The van der Waals surface area contributed by atoms with Crippen LogP contribution in [0.15, 0.2) is 60.7 Å². The van der Waals surface area contributed by atoms with Gasteiger partial charge in [-0.2, -0.15) is 0 Å². The van der Waals surface area contributed by atoms with E-state index in [1.165, 1.54) is 7.11 Å². The van der Waals surface area contributed by atoms with Crippen molar-refractivity contribution < 1.29 is 29.0 Å². The van der Waals surface area contributed by atoms with Crippen LogP contribution in [0.25, 0.3) is 0 Å². The second-order valence-corrected chi connectivity index (χ2v) is 7.06. The number of H-pyrrole nitrogens is 1. The molecule has 31 heavy (non-hydrogen) atoms. The molecular weight excluding hydrogens is 398 g/mol. The molecule has 0 aliphatic carbocycles. The third kappa shape index (κ3) is 4.13. The first-order chi connectivity index (χ1) is 14.8. The largest absolute Gasteiger partial charge is 0.465 e. The van der Waals surface area contributed by atoms with Gasteiger partial charge in [0.05, 0.1) is 18.4 Å². The maximum atomic E-state index is 13.0. The number of carbonyl (C=O) groups is 3. The number of aryl methyl sites for hydroxylation is 1. The molecule has 0 unspecified atom stereocenters. The minimum absolute atomic E-state index is 0.147. The van der Waals surface area contributed by atoms with E-state index in [1.54, 1.807) is 74.5 Å². The van der Waals surface area contributed by atoms with Gasteiger partial charge in [-0.25, -0.2) is 9.59 Å². The molecule has 0 spiro atoms. The van der Waals surface area contributed by atoms with Crippen molar-refractivity contribution in [3.05, 3.63) is 94.3 Å². The number of hydrogen-bond acceptors (Lipinski definition) is 6. The van der Waals surface area contributed by atoms with Crippen LogP contribution in [0.1, 0.15) is 43.2 Å². The number of ether oxygens (including phenoxy) is 2. The SMILES string of the molecule is COC(=O)c1c(C)[nH]c(C(=O)COC(=O)C(O)(c2ccccc2)c2ccccc2)c1C. The molecule has 3 rings (SSSR count). The molecule has 0 saturated carbocycles. The van der Waals surface area contributed by atoms with Crippen LogP contribution >= 0.6 is 0 Å². The highest BCUT2D eigenvalue weighted by molar-refractivity contribution is 6.02. The summed E-state index contributed by atoms with van der Waals surface area (Å²) in [6.07, 6.45) is 0. The van der Waals surface area contributed by atoms with Crippen molar-refractivity contribution in [3.8, 4) is 0 Å². The molecule has 2 N–H and O–H groups in total. The van der Waals surface area contributed by atoms with Gasteiger partial charge in [0.25, 0.3) is 0 Å². The minimum atomic E-state index is -2.08. The molecule has 3 aromatic rings. The van der Waals surface area contributed by atoms with Crippen molar-refractivity contribution in [2.45, 2.75) is 19.4 Å². The Morgan fingerprint density at radius 2 is 1.45 bits per heavy atom. The van der Waals surface area contributed by atoms with Crippen LogP contribution in [-0.4, -0.2) is 41.5 Å². The Kier molecular flexibility index (Phi) is 6.36. The van der Waals surface area contributed by atoms with E-state index in [4.69, 9.17) is 9.47 Å². The topological polar surface area (TPSA) is 106 Å². The maximum Gasteiger partial charge on any atom is 0.348 e. The van der Waals surface area contributed by atoms with Gasteiger partial charge in [-0.15, -0.1) is 0 Å². The van der Waals surface area contributed by atoms with Gasteiger partial charge in [0, 0.05) is 5.69 Å². The number of carbonyl (C=O) groups excluding carboxylic acids is 3. The fraction of sp³-hybridized carbons (Fsp3) is 0.208. The first-order valence-corrected chi connectivity index (χ1v) is 9.62. The molecular formula is C24H23NO6. The molecule has 0 fully saturated rings. The highest BCUT2D eigenvalue weighted by atomic mass is 16.6. The third-order valence-electron chi connectivity index (χ3n) is 5.12. The fourth-order valence-electron chi connectivity index (χ4n) is 3.51. The van der Waals surface area contributed by atoms with E-state index in [0.717, 1.165) is 0 Å². The van der Waals surface area contributed by atoms with Gasteiger partial charge in [0.15, 0.2) is 6.61 Å². The van der Waals surface area contributed by atoms with Gasteiger partial charge in [0.2, 0.25) is 11.4 Å². The van der Waals surface area contributed by atoms with Crippen molar-refractivity contribution in [2.24, 2.45) is 0 Å². The monoisotopic (exact) mass is 421 g/mol. The zero-order valence-electron chi connectivity index (χ0n) is 17.5. The summed E-state index contributed by atoms with van der Waals surface area (Å²) >= 11 is 0. The average molecular weight is 421 g/mol. The molecule has 1 heterocycles. The number of rotatable bonds is 7. The molecule has 0 bridgehead atoms. The number of aliphatic hydroxyl groups is 1. The van der Waals surface area contributed by atoms with Crippen LogP contribution in [0.5, 0.6) is 0 Å². The highest BCUT2D eigenvalue weighted by Gasteiger charge is 2.42. The van der Waals surface area contributed by atoms with Crippen LogP contribution < -0.4 is 0 Å². The zero-order chi connectivity index (χ0) is 22.6. The van der Waals surface area contributed by atoms with Gasteiger partial charge in [-0.1, -0.05) is 60.7 Å². The number of ketones is 1. The summed E-state index contributed by atoms with van der Waals surface area (Å²) in [5, 5.41) is 11.4. The predicted molar refractivity (Wildman–Crippen MR) is 113 cm³/mol. The van der Waals surface area contributed by atoms with Gasteiger partial charge >= 0.3 is 11.9 Å². The Hall–Kier alpha value is -3.71. The summed E-state index contributed by atoms with van der Waals surface area (Å²) in [7, 11) is 1.26. The van der Waals surface area contributed by atoms with Gasteiger partial charge in [0.1, 0.15) is 0 Å². The lowest BCUT2D eigenvalue weighted by Gasteiger charge is -2.26. The molecule has 7 heteroatoms. The average Bonchev–Trinajstić information content (AvgIpc) is 3.11. The van der Waals surface area contributed by atoms with E-state index in [0.29, 0.717) is 22.4 Å². The summed E-state index contributed by atoms with van der Waals surface area (Å²) in [6.45, 7) is 2.64. The normalized spacial score (nSPS) is 11.1. The number of benzene rings is 2. The van der Waals surface area contributed by atoms with Crippen LogP contribution in [0.2, 0.25) is 0 Å². The quantitative estimate of drug-likeness (QED) is 0.449. The fourth-order valence-corrected chi connectivity index (χ4v) is 3.51. The zero-order valence-corrected chi connectivity index (χ0v) is 17.5. The molecule has 160 valence electrons. The van der Waals surface area contributed by atoms with E-state index < -0.39 is 29.9 Å². The van der Waals surface area contributed by atoms with Crippen LogP contribution in [-0.2, 0) is 19.9 Å². The minimum Gasteiger partial charge on any atom is -0.465 e. The van der Waals surface area contributed by atoms with Crippen molar-refractivity contribution in [1.29, 1.82) is 0 Å². The van der Waals surface area contributed by atoms with Gasteiger partial charge in [-0.05, 0) is 30.5 Å². The molecule has 0 aliphatic rings. The second kappa shape index (κ2) is 8.97. The van der Waals surface area contributed by atoms with E-state index >= 15 is 0 Å². The Labute approximate surface area is 179 Å². The van der Waals surface area contributed by atoms with Gasteiger partial charge in [-0.3, -0.25) is 4.79 Å². The van der Waals surface area contributed by atoms with Crippen molar-refractivity contribution >= 4 is 17.7 Å². The first-order valence-electron chi connectivity index (χ1n) is 9.62. The lowest BCUT2D eigenvalue weighted by Crippen LogP contribution is -2.39. The number of aromatic amines is 1. The Balaban J connectivity index is 1.86. The summed E-state index contributed by atoms with van der Waals surface area (Å²) in [6, 6.07) is 16.7. The summed E-state index contributed by atoms with van der Waals surface area (Å²) < 4.78 is 9.99. The second-order valence-electron chi connectivity index (χ2n) is 7.06. The molecule has 1 aromatic heterocycles. The summed E-state index contributed by atoms with van der Waals surface area (Å²) in [4.78, 5) is 40.5. The standard InChI is InChI=1S/C24H23NO6/c1-15-20(22(27)30-3)16(2)25-21(15)19(26)14-31-23(28)24(29,17-10-6-4-7-11-17)18-12-8-5-9-13-18/h4-13,25,29H,14H2,1-3H3. The predicted octanol–water partition coefficient (Wildman–Crippen LogP) is 3.08. The third-order valence-corrected chi connectivity index (χ3v) is 5.12. The van der Waals surface area contributed by atoms with Crippen LogP contribution in [0, 0.1) is 13.8 Å². The Bertz CT molecular complexity index is 1060. The number of aromatic nitrogens is 1. The lowest BCUT2D eigenvalue weighted by molar-refractivity contribution is -0.160.